The first-order chi connectivity index (χ1) is 13.5. The number of rotatable bonds is 7. The largest absolute Gasteiger partial charge is 0.497 e. The zero-order chi connectivity index (χ0) is 20.1. The summed E-state index contributed by atoms with van der Waals surface area (Å²) in [7, 11) is 3.20. The second kappa shape index (κ2) is 8.75. The highest BCUT2D eigenvalue weighted by Gasteiger charge is 2.13. The Morgan fingerprint density at radius 2 is 1.82 bits per heavy atom. The molecule has 0 aliphatic rings. The molecule has 0 aliphatic carbocycles. The molecule has 28 heavy (non-hydrogen) atoms. The molecule has 1 heterocycles. The highest BCUT2D eigenvalue weighted by molar-refractivity contribution is 7.14. The molecule has 7 heteroatoms. The minimum atomic E-state index is -0.263. The number of ether oxygens (including phenoxy) is 3. The van der Waals surface area contributed by atoms with Crippen LogP contribution in [0.2, 0.25) is 0 Å². The molecule has 1 amide bonds. The number of methoxy groups -OCH3 is 2. The lowest BCUT2D eigenvalue weighted by Gasteiger charge is -2.09. The second-order valence-corrected chi connectivity index (χ2v) is 7.05. The van der Waals surface area contributed by atoms with Crippen LogP contribution in [0.4, 0.5) is 5.13 Å². The van der Waals surface area contributed by atoms with Gasteiger partial charge in [-0.1, -0.05) is 6.07 Å². The Hall–Kier alpha value is -3.06. The lowest BCUT2D eigenvalue weighted by molar-refractivity contribution is -0.118. The zero-order valence-corrected chi connectivity index (χ0v) is 17.1. The Bertz CT molecular complexity index is 984. The van der Waals surface area contributed by atoms with Gasteiger partial charge in [-0.15, -0.1) is 11.3 Å². The molecule has 0 bridgehead atoms. The van der Waals surface area contributed by atoms with Gasteiger partial charge in [0.15, 0.2) is 11.7 Å². The summed E-state index contributed by atoms with van der Waals surface area (Å²) in [5, 5.41) is 5.13. The van der Waals surface area contributed by atoms with Gasteiger partial charge >= 0.3 is 0 Å². The Balaban J connectivity index is 1.64. The Morgan fingerprint density at radius 1 is 1.04 bits per heavy atom. The van der Waals surface area contributed by atoms with E-state index in [0.717, 1.165) is 16.8 Å². The summed E-state index contributed by atoms with van der Waals surface area (Å²) in [6.45, 7) is 3.96. The van der Waals surface area contributed by atoms with E-state index in [4.69, 9.17) is 14.2 Å². The normalized spacial score (nSPS) is 10.4. The van der Waals surface area contributed by atoms with Crippen LogP contribution in [0, 0.1) is 13.8 Å². The number of benzene rings is 2. The van der Waals surface area contributed by atoms with Gasteiger partial charge in [0.25, 0.3) is 5.91 Å². The van der Waals surface area contributed by atoms with Crippen LogP contribution in [0.5, 0.6) is 17.2 Å². The highest BCUT2D eigenvalue weighted by Crippen LogP contribution is 2.34. The van der Waals surface area contributed by atoms with Gasteiger partial charge in [0.2, 0.25) is 0 Å². The second-order valence-electron chi connectivity index (χ2n) is 6.19. The number of carbonyl (C=O) groups excluding carboxylic acids is 1. The van der Waals surface area contributed by atoms with Crippen molar-refractivity contribution in [1.82, 2.24) is 4.98 Å². The number of nitrogens with one attached hydrogen (secondary N) is 1. The van der Waals surface area contributed by atoms with Crippen LogP contribution >= 0.6 is 11.3 Å². The number of anilines is 1. The molecule has 0 radical (unpaired) electrons. The molecule has 0 aliphatic heterocycles. The van der Waals surface area contributed by atoms with E-state index in [1.54, 1.807) is 20.3 Å². The Labute approximate surface area is 168 Å². The third kappa shape index (κ3) is 4.61. The van der Waals surface area contributed by atoms with E-state index >= 15 is 0 Å². The van der Waals surface area contributed by atoms with Gasteiger partial charge in [0.1, 0.15) is 17.2 Å². The topological polar surface area (TPSA) is 69.7 Å². The van der Waals surface area contributed by atoms with Crippen molar-refractivity contribution in [2.75, 3.05) is 26.1 Å². The standard InChI is InChI=1S/C21H22N2O4S/c1-13-5-6-16(9-14(13)2)27-11-20(24)23-21-22-18(12-28-21)17-8-7-15(25-3)10-19(17)26-4/h5-10,12H,11H2,1-4H3,(H,22,23,24). The Morgan fingerprint density at radius 3 is 2.54 bits per heavy atom. The van der Waals surface area contributed by atoms with Crippen LogP contribution in [-0.2, 0) is 4.79 Å². The van der Waals surface area contributed by atoms with Gasteiger partial charge in [-0.25, -0.2) is 4.98 Å². The first-order valence-electron chi connectivity index (χ1n) is 8.68. The van der Waals surface area contributed by atoms with Crippen LogP contribution in [0.3, 0.4) is 0 Å². The quantitative estimate of drug-likeness (QED) is 0.636. The monoisotopic (exact) mass is 398 g/mol. The minimum absolute atomic E-state index is 0.0801. The molecule has 0 spiro atoms. The van der Waals surface area contributed by atoms with Crippen molar-refractivity contribution < 1.29 is 19.0 Å². The van der Waals surface area contributed by atoms with Crippen molar-refractivity contribution in [3.63, 3.8) is 0 Å². The fourth-order valence-electron chi connectivity index (χ4n) is 2.57. The number of aryl methyl sites for hydroxylation is 2. The summed E-state index contributed by atoms with van der Waals surface area (Å²) in [5.41, 5.74) is 3.85. The summed E-state index contributed by atoms with van der Waals surface area (Å²) < 4.78 is 16.2. The summed E-state index contributed by atoms with van der Waals surface area (Å²) in [6.07, 6.45) is 0. The first-order valence-corrected chi connectivity index (χ1v) is 9.56. The van der Waals surface area contributed by atoms with E-state index in [0.29, 0.717) is 22.4 Å². The lowest BCUT2D eigenvalue weighted by Crippen LogP contribution is -2.20. The van der Waals surface area contributed by atoms with Crippen molar-refractivity contribution in [1.29, 1.82) is 0 Å². The molecule has 0 unspecified atom stereocenters. The number of nitrogens with zero attached hydrogens (tertiary/aromatic N) is 1. The summed E-state index contributed by atoms with van der Waals surface area (Å²) >= 11 is 1.34. The minimum Gasteiger partial charge on any atom is -0.497 e. The maximum atomic E-state index is 12.2. The summed E-state index contributed by atoms with van der Waals surface area (Å²) in [5.74, 6) is 1.76. The van der Waals surface area contributed by atoms with E-state index in [9.17, 15) is 4.79 Å². The molecule has 3 rings (SSSR count). The molecular formula is C21H22N2O4S. The molecular weight excluding hydrogens is 376 g/mol. The lowest BCUT2D eigenvalue weighted by atomic mass is 10.1. The molecule has 0 fully saturated rings. The van der Waals surface area contributed by atoms with E-state index in [1.807, 2.05) is 49.6 Å². The van der Waals surface area contributed by atoms with Gasteiger partial charge in [-0.3, -0.25) is 10.1 Å². The van der Waals surface area contributed by atoms with Crippen LogP contribution in [-0.4, -0.2) is 31.7 Å². The number of hydrogen-bond donors (Lipinski definition) is 1. The van der Waals surface area contributed by atoms with Crippen molar-refractivity contribution in [3.05, 3.63) is 52.9 Å². The molecule has 6 nitrogen and oxygen atoms in total. The van der Waals surface area contributed by atoms with Gasteiger partial charge in [0, 0.05) is 17.0 Å². The summed E-state index contributed by atoms with van der Waals surface area (Å²) in [6, 6.07) is 11.3. The number of carbonyl (C=O) groups is 1. The highest BCUT2D eigenvalue weighted by atomic mass is 32.1. The predicted octanol–water partition coefficient (Wildman–Crippen LogP) is 4.46. The molecule has 0 atom stereocenters. The predicted molar refractivity (Wildman–Crippen MR) is 111 cm³/mol. The SMILES string of the molecule is COc1ccc(-c2csc(NC(=O)COc3ccc(C)c(C)c3)n2)c(OC)c1. The smallest absolute Gasteiger partial charge is 0.264 e. The Kier molecular flexibility index (Phi) is 6.16. The van der Waals surface area contributed by atoms with Gasteiger partial charge < -0.3 is 14.2 Å². The number of hydrogen-bond acceptors (Lipinski definition) is 6. The molecule has 3 aromatic rings. The number of aromatic nitrogens is 1. The first kappa shape index (κ1) is 19.7. The van der Waals surface area contributed by atoms with Gasteiger partial charge in [-0.05, 0) is 49.2 Å². The average Bonchev–Trinajstić information content (AvgIpc) is 3.16. The van der Waals surface area contributed by atoms with Crippen molar-refractivity contribution >= 4 is 22.4 Å². The molecule has 0 saturated carbocycles. The summed E-state index contributed by atoms with van der Waals surface area (Å²) in [4.78, 5) is 16.7. The van der Waals surface area contributed by atoms with E-state index in [2.05, 4.69) is 10.3 Å². The van der Waals surface area contributed by atoms with Crippen LogP contribution < -0.4 is 19.5 Å². The van der Waals surface area contributed by atoms with E-state index in [-0.39, 0.29) is 12.5 Å². The fraction of sp³-hybridized carbons (Fsp3) is 0.238. The van der Waals surface area contributed by atoms with Crippen LogP contribution in [0.25, 0.3) is 11.3 Å². The third-order valence-electron chi connectivity index (χ3n) is 4.28. The molecule has 1 aromatic heterocycles. The van der Waals surface area contributed by atoms with Crippen molar-refractivity contribution in [2.24, 2.45) is 0 Å². The fourth-order valence-corrected chi connectivity index (χ4v) is 3.30. The molecule has 2 aromatic carbocycles. The van der Waals surface area contributed by atoms with Crippen molar-refractivity contribution in [3.8, 4) is 28.5 Å². The number of thiazole rings is 1. The molecule has 1 N–H and O–H groups in total. The molecule has 146 valence electrons. The zero-order valence-electron chi connectivity index (χ0n) is 16.2. The maximum absolute atomic E-state index is 12.2. The van der Waals surface area contributed by atoms with E-state index < -0.39 is 0 Å². The molecule has 0 saturated heterocycles. The maximum Gasteiger partial charge on any atom is 0.264 e. The third-order valence-corrected chi connectivity index (χ3v) is 5.04. The van der Waals surface area contributed by atoms with Crippen LogP contribution in [0.1, 0.15) is 11.1 Å². The average molecular weight is 398 g/mol. The van der Waals surface area contributed by atoms with Crippen LogP contribution in [0.15, 0.2) is 41.8 Å². The van der Waals surface area contributed by atoms with Crippen molar-refractivity contribution in [2.45, 2.75) is 13.8 Å². The van der Waals surface area contributed by atoms with Gasteiger partial charge in [0.05, 0.1) is 19.9 Å². The van der Waals surface area contributed by atoms with E-state index in [1.165, 1.54) is 16.9 Å². The van der Waals surface area contributed by atoms with Gasteiger partial charge in [-0.2, -0.15) is 0 Å². The number of amides is 1.